The predicted molar refractivity (Wildman–Crippen MR) is 101 cm³/mol. The van der Waals surface area contributed by atoms with Crippen LogP contribution in [-0.2, 0) is 0 Å². The lowest BCUT2D eigenvalue weighted by molar-refractivity contribution is 0.0829. The zero-order valence-electron chi connectivity index (χ0n) is 15.0. The molecule has 0 bridgehead atoms. The van der Waals surface area contributed by atoms with Crippen LogP contribution in [-0.4, -0.2) is 18.4 Å². The molecule has 2 amide bonds. The summed E-state index contributed by atoms with van der Waals surface area (Å²) in [4.78, 5) is 24.9. The van der Waals surface area contributed by atoms with Crippen LogP contribution in [0.3, 0.4) is 0 Å². The second kappa shape index (κ2) is 7.15. The summed E-state index contributed by atoms with van der Waals surface area (Å²) in [5, 5.41) is 0.868. The van der Waals surface area contributed by atoms with Crippen LogP contribution in [0.25, 0.3) is 11.0 Å². The van der Waals surface area contributed by atoms with E-state index in [0.717, 1.165) is 10.9 Å². The van der Waals surface area contributed by atoms with Gasteiger partial charge in [-0.05, 0) is 43.9 Å². The Kier molecular flexibility index (Phi) is 4.54. The van der Waals surface area contributed by atoms with E-state index >= 15 is 0 Å². The minimum absolute atomic E-state index is 0.176. The first-order valence-electron chi connectivity index (χ1n) is 8.94. The molecule has 4 rings (SSSR count). The molecule has 1 fully saturated rings. The van der Waals surface area contributed by atoms with E-state index in [1.165, 1.54) is 12.8 Å². The minimum Gasteiger partial charge on any atom is -0.492 e. The molecule has 0 atom stereocenters. The summed E-state index contributed by atoms with van der Waals surface area (Å²) in [6, 6.07) is 14.4. The monoisotopic (exact) mass is 364 g/mol. The van der Waals surface area contributed by atoms with E-state index in [0.29, 0.717) is 29.4 Å². The molecule has 138 valence electrons. The molecular weight excluding hydrogens is 344 g/mol. The number of hydrazine groups is 1. The Labute approximate surface area is 156 Å². The maximum Gasteiger partial charge on any atom is 0.305 e. The van der Waals surface area contributed by atoms with Crippen molar-refractivity contribution in [2.24, 2.45) is 5.92 Å². The van der Waals surface area contributed by atoms with Gasteiger partial charge in [0, 0.05) is 10.9 Å². The third-order valence-corrected chi connectivity index (χ3v) is 4.64. The Morgan fingerprint density at radius 2 is 1.74 bits per heavy atom. The van der Waals surface area contributed by atoms with Gasteiger partial charge >= 0.3 is 5.91 Å². The van der Waals surface area contributed by atoms with Gasteiger partial charge < -0.3 is 9.15 Å². The molecule has 0 aliphatic heterocycles. The zero-order chi connectivity index (χ0) is 18.8. The van der Waals surface area contributed by atoms with Crippen LogP contribution in [0.4, 0.5) is 0 Å². The number of nitrogens with one attached hydrogen (secondary N) is 2. The summed E-state index contributed by atoms with van der Waals surface area (Å²) < 4.78 is 11.3. The number of furan rings is 1. The van der Waals surface area contributed by atoms with Crippen molar-refractivity contribution >= 4 is 22.8 Å². The number of para-hydroxylation sites is 2. The largest absolute Gasteiger partial charge is 0.492 e. The molecular formula is C21H20N2O4. The summed E-state index contributed by atoms with van der Waals surface area (Å²) in [6.07, 6.45) is 2.34. The Bertz CT molecular complexity index is 1000. The van der Waals surface area contributed by atoms with Crippen molar-refractivity contribution < 1.29 is 18.7 Å². The van der Waals surface area contributed by atoms with Gasteiger partial charge in [-0.3, -0.25) is 20.4 Å². The molecule has 1 aliphatic rings. The fraction of sp³-hybridized carbons (Fsp3) is 0.238. The number of hydrogen-bond donors (Lipinski definition) is 2. The van der Waals surface area contributed by atoms with Gasteiger partial charge in [0.05, 0.1) is 12.2 Å². The van der Waals surface area contributed by atoms with Crippen molar-refractivity contribution in [3.63, 3.8) is 0 Å². The highest BCUT2D eigenvalue weighted by atomic mass is 16.5. The maximum atomic E-state index is 12.5. The number of aryl methyl sites for hydroxylation is 1. The van der Waals surface area contributed by atoms with Crippen molar-refractivity contribution in [2.45, 2.75) is 19.8 Å². The van der Waals surface area contributed by atoms with E-state index in [1.54, 1.807) is 24.3 Å². The van der Waals surface area contributed by atoms with Crippen LogP contribution < -0.4 is 15.6 Å². The molecule has 3 aromatic rings. The van der Waals surface area contributed by atoms with Gasteiger partial charge in [0.1, 0.15) is 11.3 Å². The number of ether oxygens (including phenoxy) is 1. The van der Waals surface area contributed by atoms with Crippen molar-refractivity contribution in [1.82, 2.24) is 10.9 Å². The average Bonchev–Trinajstić information content (AvgIpc) is 3.47. The van der Waals surface area contributed by atoms with Crippen LogP contribution in [0.15, 0.2) is 52.9 Å². The molecule has 2 N–H and O–H groups in total. The Balaban J connectivity index is 1.44. The molecule has 27 heavy (non-hydrogen) atoms. The first kappa shape index (κ1) is 17.1. The maximum absolute atomic E-state index is 12.5. The van der Waals surface area contributed by atoms with Gasteiger partial charge in [0.25, 0.3) is 5.91 Å². The van der Waals surface area contributed by atoms with Crippen molar-refractivity contribution in [2.75, 3.05) is 6.61 Å². The third kappa shape index (κ3) is 3.65. The molecule has 0 radical (unpaired) electrons. The molecule has 0 saturated heterocycles. The molecule has 0 unspecified atom stereocenters. The summed E-state index contributed by atoms with van der Waals surface area (Å²) in [6.45, 7) is 2.42. The lowest BCUT2D eigenvalue weighted by Gasteiger charge is -2.11. The molecule has 1 aliphatic carbocycles. The predicted octanol–water partition coefficient (Wildman–Crippen LogP) is 3.60. The Hall–Kier alpha value is -3.28. The smallest absolute Gasteiger partial charge is 0.305 e. The number of carbonyl (C=O) groups excluding carboxylic acids is 2. The third-order valence-electron chi connectivity index (χ3n) is 4.64. The standard InChI is InChI=1S/C21H20N2O4/c1-13-15-6-2-5-9-18(15)27-19(13)21(25)23-22-20(24)16-7-3-4-8-17(16)26-12-14-10-11-14/h2-9,14H,10-12H2,1H3,(H,22,24)(H,23,25). The van der Waals surface area contributed by atoms with Gasteiger partial charge in [-0.25, -0.2) is 0 Å². The van der Waals surface area contributed by atoms with E-state index in [-0.39, 0.29) is 5.76 Å². The second-order valence-corrected chi connectivity index (χ2v) is 6.71. The fourth-order valence-electron chi connectivity index (χ4n) is 2.90. The second-order valence-electron chi connectivity index (χ2n) is 6.71. The average molecular weight is 364 g/mol. The highest BCUT2D eigenvalue weighted by Crippen LogP contribution is 2.30. The van der Waals surface area contributed by atoms with E-state index in [2.05, 4.69) is 10.9 Å². The topological polar surface area (TPSA) is 80.6 Å². The molecule has 0 spiro atoms. The van der Waals surface area contributed by atoms with Crippen LogP contribution in [0.2, 0.25) is 0 Å². The van der Waals surface area contributed by atoms with E-state index in [1.807, 2.05) is 31.2 Å². The number of amides is 2. The summed E-state index contributed by atoms with van der Waals surface area (Å²) in [5.74, 6) is 0.319. The molecule has 1 saturated carbocycles. The lowest BCUT2D eigenvalue weighted by Crippen LogP contribution is -2.41. The van der Waals surface area contributed by atoms with Crippen molar-refractivity contribution in [3.8, 4) is 5.75 Å². The van der Waals surface area contributed by atoms with Crippen LogP contribution in [0.5, 0.6) is 5.75 Å². The number of carbonyl (C=O) groups is 2. The molecule has 1 heterocycles. The first-order valence-corrected chi connectivity index (χ1v) is 8.94. The molecule has 6 heteroatoms. The number of benzene rings is 2. The zero-order valence-corrected chi connectivity index (χ0v) is 15.0. The highest BCUT2D eigenvalue weighted by molar-refractivity contribution is 6.02. The number of hydrogen-bond acceptors (Lipinski definition) is 4. The van der Waals surface area contributed by atoms with E-state index < -0.39 is 11.8 Å². The van der Waals surface area contributed by atoms with Crippen LogP contribution in [0, 0.1) is 12.8 Å². The van der Waals surface area contributed by atoms with Gasteiger partial charge in [0.2, 0.25) is 0 Å². The van der Waals surface area contributed by atoms with E-state index in [4.69, 9.17) is 9.15 Å². The van der Waals surface area contributed by atoms with Crippen molar-refractivity contribution in [3.05, 3.63) is 65.4 Å². The SMILES string of the molecule is Cc1c(C(=O)NNC(=O)c2ccccc2OCC2CC2)oc2ccccc12. The number of fused-ring (bicyclic) bond motifs is 1. The molecule has 6 nitrogen and oxygen atoms in total. The van der Waals surface area contributed by atoms with Crippen molar-refractivity contribution in [1.29, 1.82) is 0 Å². The van der Waals surface area contributed by atoms with Crippen LogP contribution in [0.1, 0.15) is 39.3 Å². The highest BCUT2D eigenvalue weighted by Gasteiger charge is 2.23. The Morgan fingerprint density at radius 3 is 2.52 bits per heavy atom. The Morgan fingerprint density at radius 1 is 1.04 bits per heavy atom. The van der Waals surface area contributed by atoms with Gasteiger partial charge in [-0.1, -0.05) is 30.3 Å². The van der Waals surface area contributed by atoms with Gasteiger partial charge in [0.15, 0.2) is 5.76 Å². The summed E-state index contributed by atoms with van der Waals surface area (Å²) in [5.41, 5.74) is 6.58. The van der Waals surface area contributed by atoms with Crippen LogP contribution >= 0.6 is 0 Å². The molecule has 1 aromatic heterocycles. The van der Waals surface area contributed by atoms with Gasteiger partial charge in [-0.15, -0.1) is 0 Å². The van der Waals surface area contributed by atoms with E-state index in [9.17, 15) is 9.59 Å². The fourth-order valence-corrected chi connectivity index (χ4v) is 2.90. The number of rotatable bonds is 5. The minimum atomic E-state index is -0.506. The quantitative estimate of drug-likeness (QED) is 0.678. The first-order chi connectivity index (χ1) is 13.1. The summed E-state index contributed by atoms with van der Waals surface area (Å²) >= 11 is 0. The molecule has 2 aromatic carbocycles. The lowest BCUT2D eigenvalue weighted by atomic mass is 10.1. The summed E-state index contributed by atoms with van der Waals surface area (Å²) in [7, 11) is 0. The normalized spacial score (nSPS) is 13.4. The van der Waals surface area contributed by atoms with Gasteiger partial charge in [-0.2, -0.15) is 0 Å².